The van der Waals surface area contributed by atoms with Crippen molar-refractivity contribution in [3.05, 3.63) is 29.8 Å². The first kappa shape index (κ1) is 15.4. The van der Waals surface area contributed by atoms with E-state index in [4.69, 9.17) is 5.73 Å². The highest BCUT2D eigenvalue weighted by Crippen LogP contribution is 2.18. The summed E-state index contributed by atoms with van der Waals surface area (Å²) in [5, 5.41) is 0. The van der Waals surface area contributed by atoms with Gasteiger partial charge in [-0.3, -0.25) is 0 Å². The molecule has 112 valence electrons. The van der Waals surface area contributed by atoms with E-state index < -0.39 is 19.9 Å². The van der Waals surface area contributed by atoms with E-state index in [9.17, 15) is 16.8 Å². The van der Waals surface area contributed by atoms with Crippen molar-refractivity contribution in [3.63, 3.8) is 0 Å². The Hall–Kier alpha value is -0.960. The quantitative estimate of drug-likeness (QED) is 0.813. The van der Waals surface area contributed by atoms with Gasteiger partial charge in [0.15, 0.2) is 0 Å². The maximum Gasteiger partial charge on any atom is 0.241 e. The molecule has 0 aromatic heterocycles. The van der Waals surface area contributed by atoms with Gasteiger partial charge in [-0.05, 0) is 24.5 Å². The van der Waals surface area contributed by atoms with Crippen LogP contribution in [0.1, 0.15) is 18.4 Å². The molecule has 20 heavy (non-hydrogen) atoms. The summed E-state index contributed by atoms with van der Waals surface area (Å²) in [7, 11) is -6.67. The summed E-state index contributed by atoms with van der Waals surface area (Å²) in [4.78, 5) is 0.163. The fourth-order valence-electron chi connectivity index (χ4n) is 2.23. The van der Waals surface area contributed by atoms with Gasteiger partial charge >= 0.3 is 0 Å². The van der Waals surface area contributed by atoms with Crippen molar-refractivity contribution in [1.82, 2.24) is 4.72 Å². The maximum atomic E-state index is 12.3. The number of rotatable bonds is 4. The highest BCUT2D eigenvalue weighted by atomic mass is 32.2. The summed E-state index contributed by atoms with van der Waals surface area (Å²) in [5.41, 5.74) is 6.09. The number of nitrogens with two attached hydrogens (primary N) is 1. The second-order valence-corrected chi connectivity index (χ2v) is 8.85. The van der Waals surface area contributed by atoms with Crippen LogP contribution in [0, 0.1) is 0 Å². The van der Waals surface area contributed by atoms with E-state index >= 15 is 0 Å². The molecule has 0 spiro atoms. The average molecular weight is 318 g/mol. The van der Waals surface area contributed by atoms with Crippen molar-refractivity contribution in [2.45, 2.75) is 30.3 Å². The fourth-order valence-corrected chi connectivity index (χ4v) is 5.27. The molecule has 0 aliphatic carbocycles. The van der Waals surface area contributed by atoms with Crippen LogP contribution in [0.2, 0.25) is 0 Å². The second kappa shape index (κ2) is 5.80. The lowest BCUT2D eigenvalue weighted by Gasteiger charge is -2.23. The lowest BCUT2D eigenvalue weighted by atomic mass is 10.2. The van der Waals surface area contributed by atoms with Crippen LogP contribution in [-0.2, 0) is 26.4 Å². The molecule has 1 fully saturated rings. The maximum absolute atomic E-state index is 12.3. The second-order valence-electron chi connectivity index (χ2n) is 4.86. The van der Waals surface area contributed by atoms with Gasteiger partial charge in [-0.15, -0.1) is 0 Å². The minimum atomic E-state index is -3.66. The van der Waals surface area contributed by atoms with Crippen LogP contribution in [0.25, 0.3) is 0 Å². The Kier molecular flexibility index (Phi) is 4.48. The van der Waals surface area contributed by atoms with E-state index in [0.29, 0.717) is 18.4 Å². The van der Waals surface area contributed by atoms with E-state index in [0.717, 1.165) is 0 Å². The first-order chi connectivity index (χ1) is 9.34. The van der Waals surface area contributed by atoms with Gasteiger partial charge in [0.1, 0.15) is 9.84 Å². The Bertz CT molecular complexity index is 669. The largest absolute Gasteiger partial charge is 0.326 e. The minimum absolute atomic E-state index is 0.0265. The molecule has 8 heteroatoms. The molecule has 0 saturated carbocycles. The normalized spacial score (nSPS) is 19.9. The third-order valence-corrected chi connectivity index (χ3v) is 6.69. The van der Waals surface area contributed by atoms with Crippen molar-refractivity contribution in [2.24, 2.45) is 5.73 Å². The van der Waals surface area contributed by atoms with Crippen molar-refractivity contribution >= 4 is 19.9 Å². The first-order valence-electron chi connectivity index (χ1n) is 6.35. The van der Waals surface area contributed by atoms with Gasteiger partial charge in [0.05, 0.1) is 16.4 Å². The van der Waals surface area contributed by atoms with Crippen molar-refractivity contribution in [2.75, 3.05) is 11.5 Å². The number of nitrogens with one attached hydrogen (secondary N) is 1. The molecule has 0 amide bonds. The summed E-state index contributed by atoms with van der Waals surface area (Å²) < 4.78 is 49.9. The summed E-state index contributed by atoms with van der Waals surface area (Å²) >= 11 is 0. The summed E-state index contributed by atoms with van der Waals surface area (Å²) in [5.74, 6) is 0.0530. The topological polar surface area (TPSA) is 106 Å². The van der Waals surface area contributed by atoms with Gasteiger partial charge in [0.25, 0.3) is 0 Å². The minimum Gasteiger partial charge on any atom is -0.326 e. The third-order valence-electron chi connectivity index (χ3n) is 3.36. The third kappa shape index (κ3) is 3.57. The van der Waals surface area contributed by atoms with Gasteiger partial charge < -0.3 is 5.73 Å². The van der Waals surface area contributed by atoms with E-state index in [1.807, 2.05) is 0 Å². The Labute approximate surface area is 119 Å². The van der Waals surface area contributed by atoms with Gasteiger partial charge in [-0.1, -0.05) is 18.2 Å². The Morgan fingerprint density at radius 3 is 2.40 bits per heavy atom. The Morgan fingerprint density at radius 1 is 1.20 bits per heavy atom. The molecule has 0 radical (unpaired) electrons. The van der Waals surface area contributed by atoms with Gasteiger partial charge in [0, 0.05) is 12.6 Å². The van der Waals surface area contributed by atoms with E-state index in [-0.39, 0.29) is 29.0 Å². The summed E-state index contributed by atoms with van der Waals surface area (Å²) in [6.45, 7) is 0.135. The molecule has 2 rings (SSSR count). The van der Waals surface area contributed by atoms with E-state index in [2.05, 4.69) is 4.72 Å². The molecular weight excluding hydrogens is 300 g/mol. The van der Waals surface area contributed by atoms with Crippen LogP contribution >= 0.6 is 0 Å². The SMILES string of the molecule is NCc1ccccc1S(=O)(=O)NC1CCS(=O)(=O)CC1. The number of benzene rings is 1. The molecule has 0 atom stereocenters. The molecule has 1 heterocycles. The molecular formula is C12H18N2O4S2. The molecule has 3 N–H and O–H groups in total. The van der Waals surface area contributed by atoms with E-state index in [1.54, 1.807) is 18.2 Å². The van der Waals surface area contributed by atoms with Crippen LogP contribution in [0.5, 0.6) is 0 Å². The number of hydrogen-bond donors (Lipinski definition) is 2. The van der Waals surface area contributed by atoms with Crippen molar-refractivity contribution in [3.8, 4) is 0 Å². The van der Waals surface area contributed by atoms with Gasteiger partial charge in [-0.25, -0.2) is 21.6 Å². The highest BCUT2D eigenvalue weighted by molar-refractivity contribution is 7.91. The number of sulfone groups is 1. The predicted octanol–water partition coefficient (Wildman–Crippen LogP) is 0.000800. The smallest absolute Gasteiger partial charge is 0.241 e. The van der Waals surface area contributed by atoms with Crippen LogP contribution in [0.15, 0.2) is 29.2 Å². The standard InChI is InChI=1S/C12H18N2O4S2/c13-9-10-3-1-2-4-12(10)20(17,18)14-11-5-7-19(15,16)8-6-11/h1-4,11,14H,5-9,13H2. The zero-order valence-corrected chi connectivity index (χ0v) is 12.6. The van der Waals surface area contributed by atoms with Crippen LogP contribution in [0.4, 0.5) is 0 Å². The average Bonchev–Trinajstić information content (AvgIpc) is 2.41. The molecule has 0 bridgehead atoms. The lowest BCUT2D eigenvalue weighted by molar-refractivity contribution is 0.505. The zero-order chi connectivity index (χ0) is 14.8. The molecule has 6 nitrogen and oxygen atoms in total. The van der Waals surface area contributed by atoms with Crippen LogP contribution < -0.4 is 10.5 Å². The Balaban J connectivity index is 2.16. The first-order valence-corrected chi connectivity index (χ1v) is 9.65. The van der Waals surface area contributed by atoms with Crippen LogP contribution in [0.3, 0.4) is 0 Å². The monoisotopic (exact) mass is 318 g/mol. The highest BCUT2D eigenvalue weighted by Gasteiger charge is 2.28. The fraction of sp³-hybridized carbons (Fsp3) is 0.500. The number of sulfonamides is 1. The van der Waals surface area contributed by atoms with Crippen molar-refractivity contribution in [1.29, 1.82) is 0 Å². The molecule has 1 aliphatic rings. The molecule has 1 aliphatic heterocycles. The number of hydrogen-bond acceptors (Lipinski definition) is 5. The molecule has 1 aromatic carbocycles. The van der Waals surface area contributed by atoms with Gasteiger partial charge in [0.2, 0.25) is 10.0 Å². The van der Waals surface area contributed by atoms with E-state index in [1.165, 1.54) is 6.07 Å². The predicted molar refractivity (Wildman–Crippen MR) is 76.3 cm³/mol. The van der Waals surface area contributed by atoms with Gasteiger partial charge in [-0.2, -0.15) is 0 Å². The van der Waals surface area contributed by atoms with Crippen molar-refractivity contribution < 1.29 is 16.8 Å². The summed E-state index contributed by atoms with van der Waals surface area (Å²) in [6, 6.07) is 6.20. The molecule has 1 saturated heterocycles. The summed E-state index contributed by atoms with van der Waals surface area (Å²) in [6.07, 6.45) is 0.624. The molecule has 1 aromatic rings. The lowest BCUT2D eigenvalue weighted by Crippen LogP contribution is -2.41. The van der Waals surface area contributed by atoms with Crippen LogP contribution in [-0.4, -0.2) is 34.4 Å². The Morgan fingerprint density at radius 2 is 1.80 bits per heavy atom. The molecule has 0 unspecified atom stereocenters. The zero-order valence-electron chi connectivity index (χ0n) is 10.9.